The first kappa shape index (κ1) is 13.9. The van der Waals surface area contributed by atoms with Gasteiger partial charge < -0.3 is 10.5 Å². The van der Waals surface area contributed by atoms with E-state index in [0.717, 1.165) is 24.7 Å². The van der Waals surface area contributed by atoms with E-state index >= 15 is 0 Å². The predicted octanol–water partition coefficient (Wildman–Crippen LogP) is 3.78. The Bertz CT molecular complexity index is 437. The zero-order valence-electron chi connectivity index (χ0n) is 12.6. The molecule has 3 rings (SSSR count). The summed E-state index contributed by atoms with van der Waals surface area (Å²) in [6.45, 7) is 3.11. The summed E-state index contributed by atoms with van der Waals surface area (Å²) in [5.41, 5.74) is 7.92. The molecule has 0 spiro atoms. The maximum atomic E-state index is 6.59. The second-order valence-electron chi connectivity index (χ2n) is 6.65. The van der Waals surface area contributed by atoms with Crippen molar-refractivity contribution in [2.75, 3.05) is 6.61 Å². The van der Waals surface area contributed by atoms with E-state index in [1.54, 1.807) is 0 Å². The summed E-state index contributed by atoms with van der Waals surface area (Å²) < 4.78 is 5.91. The van der Waals surface area contributed by atoms with Gasteiger partial charge in [-0.2, -0.15) is 0 Å². The number of rotatable bonds is 3. The van der Waals surface area contributed by atoms with Crippen LogP contribution in [0.3, 0.4) is 0 Å². The molecule has 2 unspecified atom stereocenters. The molecule has 1 aromatic rings. The minimum absolute atomic E-state index is 0.307. The van der Waals surface area contributed by atoms with Crippen LogP contribution in [0.5, 0.6) is 5.75 Å². The molecule has 0 radical (unpaired) electrons. The molecule has 0 bridgehead atoms. The van der Waals surface area contributed by atoms with Gasteiger partial charge in [0.1, 0.15) is 5.75 Å². The average molecular weight is 273 g/mol. The van der Waals surface area contributed by atoms with Crippen molar-refractivity contribution in [1.82, 2.24) is 0 Å². The standard InChI is InChI=1S/C18H27NO/c1-2-13-7-9-14(10-8-13)18(19)16-11-15-5-3-4-6-17(15)20-12-16/h3-6,13-14,16,18H,2,7-12,19H2,1H3. The third-order valence-electron chi connectivity index (χ3n) is 5.47. The summed E-state index contributed by atoms with van der Waals surface area (Å²) in [6, 6.07) is 8.71. The normalized spacial score (nSPS) is 31.2. The van der Waals surface area contributed by atoms with Crippen LogP contribution in [0, 0.1) is 17.8 Å². The molecule has 0 amide bonds. The molecule has 2 nitrogen and oxygen atoms in total. The van der Waals surface area contributed by atoms with Gasteiger partial charge in [-0.15, -0.1) is 0 Å². The van der Waals surface area contributed by atoms with Crippen LogP contribution in [0.4, 0.5) is 0 Å². The van der Waals surface area contributed by atoms with E-state index in [-0.39, 0.29) is 0 Å². The molecule has 2 heteroatoms. The van der Waals surface area contributed by atoms with Gasteiger partial charge in [0, 0.05) is 12.0 Å². The number of hydrogen-bond acceptors (Lipinski definition) is 2. The van der Waals surface area contributed by atoms with Crippen molar-refractivity contribution < 1.29 is 4.74 Å². The fraction of sp³-hybridized carbons (Fsp3) is 0.667. The van der Waals surface area contributed by atoms with Crippen LogP contribution in [-0.4, -0.2) is 12.6 Å². The van der Waals surface area contributed by atoms with Crippen LogP contribution in [0.2, 0.25) is 0 Å². The molecule has 0 aromatic heterocycles. The van der Waals surface area contributed by atoms with Crippen molar-refractivity contribution in [3.63, 3.8) is 0 Å². The SMILES string of the molecule is CCC1CCC(C(N)C2COc3ccccc3C2)CC1. The quantitative estimate of drug-likeness (QED) is 0.909. The van der Waals surface area contributed by atoms with Crippen LogP contribution in [0.25, 0.3) is 0 Å². The number of ether oxygens (including phenoxy) is 1. The minimum atomic E-state index is 0.307. The monoisotopic (exact) mass is 273 g/mol. The Balaban J connectivity index is 1.60. The topological polar surface area (TPSA) is 35.2 Å². The summed E-state index contributed by atoms with van der Waals surface area (Å²) in [7, 11) is 0. The molecule has 1 heterocycles. The second kappa shape index (κ2) is 6.17. The highest BCUT2D eigenvalue weighted by Crippen LogP contribution is 2.36. The van der Waals surface area contributed by atoms with Crippen molar-refractivity contribution in [3.8, 4) is 5.75 Å². The van der Waals surface area contributed by atoms with Gasteiger partial charge in [0.2, 0.25) is 0 Å². The fourth-order valence-corrected chi connectivity index (χ4v) is 3.96. The first-order chi connectivity index (χ1) is 9.78. The molecule has 1 aromatic carbocycles. The van der Waals surface area contributed by atoms with Gasteiger partial charge in [0.25, 0.3) is 0 Å². The van der Waals surface area contributed by atoms with Crippen LogP contribution in [-0.2, 0) is 6.42 Å². The first-order valence-electron chi connectivity index (χ1n) is 8.24. The Morgan fingerprint density at radius 2 is 1.90 bits per heavy atom. The lowest BCUT2D eigenvalue weighted by atomic mass is 9.73. The Labute approximate surface area is 122 Å². The molecule has 2 aliphatic rings. The van der Waals surface area contributed by atoms with Crippen molar-refractivity contribution in [1.29, 1.82) is 0 Å². The highest BCUT2D eigenvalue weighted by Gasteiger charge is 2.32. The lowest BCUT2D eigenvalue weighted by Gasteiger charge is -2.37. The summed E-state index contributed by atoms with van der Waals surface area (Å²) in [5.74, 6) is 3.21. The van der Waals surface area contributed by atoms with E-state index in [4.69, 9.17) is 10.5 Å². The molecular formula is C18H27NO. The lowest BCUT2D eigenvalue weighted by molar-refractivity contribution is 0.144. The van der Waals surface area contributed by atoms with Gasteiger partial charge in [0.05, 0.1) is 6.61 Å². The maximum Gasteiger partial charge on any atom is 0.122 e. The Kier molecular flexibility index (Phi) is 4.30. The van der Waals surface area contributed by atoms with E-state index in [1.807, 2.05) is 6.07 Å². The van der Waals surface area contributed by atoms with Crippen LogP contribution >= 0.6 is 0 Å². The van der Waals surface area contributed by atoms with Gasteiger partial charge in [-0.3, -0.25) is 0 Å². The van der Waals surface area contributed by atoms with Gasteiger partial charge in [-0.25, -0.2) is 0 Å². The molecule has 1 saturated carbocycles. The first-order valence-corrected chi connectivity index (χ1v) is 8.24. The minimum Gasteiger partial charge on any atom is -0.493 e. The summed E-state index contributed by atoms with van der Waals surface area (Å²) in [6.07, 6.45) is 7.81. The molecule has 1 aliphatic carbocycles. The molecule has 2 N–H and O–H groups in total. The molecule has 110 valence electrons. The molecule has 2 atom stereocenters. The fourth-order valence-electron chi connectivity index (χ4n) is 3.96. The van der Waals surface area contributed by atoms with Gasteiger partial charge in [0.15, 0.2) is 0 Å². The summed E-state index contributed by atoms with van der Waals surface area (Å²) >= 11 is 0. The number of hydrogen-bond donors (Lipinski definition) is 1. The van der Waals surface area contributed by atoms with E-state index in [9.17, 15) is 0 Å². The Morgan fingerprint density at radius 3 is 2.65 bits per heavy atom. The van der Waals surface area contributed by atoms with Crippen molar-refractivity contribution in [3.05, 3.63) is 29.8 Å². The van der Waals surface area contributed by atoms with Gasteiger partial charge in [-0.1, -0.05) is 44.4 Å². The van der Waals surface area contributed by atoms with Gasteiger partial charge in [-0.05, 0) is 42.7 Å². The third kappa shape index (κ3) is 2.85. The Hall–Kier alpha value is -1.02. The van der Waals surface area contributed by atoms with Crippen LogP contribution < -0.4 is 10.5 Å². The number of fused-ring (bicyclic) bond motifs is 1. The van der Waals surface area contributed by atoms with Crippen molar-refractivity contribution in [2.45, 2.75) is 51.5 Å². The van der Waals surface area contributed by atoms with E-state index < -0.39 is 0 Å². The molecular weight excluding hydrogens is 246 g/mol. The number of benzene rings is 1. The highest BCUT2D eigenvalue weighted by molar-refractivity contribution is 5.35. The van der Waals surface area contributed by atoms with Crippen LogP contribution in [0.1, 0.15) is 44.6 Å². The third-order valence-corrected chi connectivity index (χ3v) is 5.47. The van der Waals surface area contributed by atoms with Crippen molar-refractivity contribution in [2.24, 2.45) is 23.5 Å². The largest absolute Gasteiger partial charge is 0.493 e. The maximum absolute atomic E-state index is 6.59. The zero-order chi connectivity index (χ0) is 13.9. The van der Waals surface area contributed by atoms with E-state index in [0.29, 0.717) is 17.9 Å². The molecule has 0 saturated heterocycles. The highest BCUT2D eigenvalue weighted by atomic mass is 16.5. The Morgan fingerprint density at radius 1 is 1.15 bits per heavy atom. The van der Waals surface area contributed by atoms with Crippen LogP contribution in [0.15, 0.2) is 24.3 Å². The van der Waals surface area contributed by atoms with Crippen molar-refractivity contribution >= 4 is 0 Å². The lowest BCUT2D eigenvalue weighted by Crippen LogP contribution is -2.44. The number of para-hydroxylation sites is 1. The smallest absolute Gasteiger partial charge is 0.122 e. The molecule has 20 heavy (non-hydrogen) atoms. The molecule has 1 fully saturated rings. The second-order valence-corrected chi connectivity index (χ2v) is 6.65. The summed E-state index contributed by atoms with van der Waals surface area (Å²) in [5, 5.41) is 0. The van der Waals surface area contributed by atoms with E-state index in [1.165, 1.54) is 37.7 Å². The zero-order valence-corrected chi connectivity index (χ0v) is 12.6. The van der Waals surface area contributed by atoms with E-state index in [2.05, 4.69) is 25.1 Å². The summed E-state index contributed by atoms with van der Waals surface area (Å²) in [4.78, 5) is 0. The number of nitrogens with two attached hydrogens (primary N) is 1. The molecule has 1 aliphatic heterocycles. The predicted molar refractivity (Wildman–Crippen MR) is 82.8 cm³/mol. The van der Waals surface area contributed by atoms with Gasteiger partial charge >= 0.3 is 0 Å². The average Bonchev–Trinajstić information content (AvgIpc) is 2.54.